The van der Waals surface area contributed by atoms with E-state index in [1.165, 1.54) is 50.2 Å². The Balaban J connectivity index is 1.12. The maximum Gasteiger partial charge on any atom is 0.223 e. The number of rotatable bonds is 4. The molecule has 1 N–H and O–H groups in total. The molecule has 5 saturated carbocycles. The van der Waals surface area contributed by atoms with Crippen LogP contribution in [0, 0.1) is 34.4 Å². The van der Waals surface area contributed by atoms with E-state index in [0.717, 1.165) is 42.5 Å². The third-order valence-electron chi connectivity index (χ3n) is 10.1. The maximum absolute atomic E-state index is 13.9. The van der Waals surface area contributed by atoms with Gasteiger partial charge < -0.3 is 5.32 Å². The molecular formula is C30H39FN2O. The summed E-state index contributed by atoms with van der Waals surface area (Å²) in [5, 5.41) is 4.60. The first kappa shape index (κ1) is 22.5. The van der Waals surface area contributed by atoms with Gasteiger partial charge in [0, 0.05) is 23.0 Å². The lowest BCUT2D eigenvalue weighted by molar-refractivity contribution is -0.143. The Kier molecular flexibility index (Phi) is 5.14. The molecule has 2 aromatic rings. The minimum Gasteiger partial charge on any atom is -0.350 e. The second-order valence-electron chi connectivity index (χ2n) is 13.4. The van der Waals surface area contributed by atoms with Gasteiger partial charge in [0.15, 0.2) is 0 Å². The minimum atomic E-state index is -0.201. The Bertz CT molecular complexity index is 1100. The van der Waals surface area contributed by atoms with Crippen molar-refractivity contribution in [2.75, 3.05) is 0 Å². The third kappa shape index (κ3) is 3.85. The molecule has 7 rings (SSSR count). The van der Waals surface area contributed by atoms with Crippen LogP contribution < -0.4 is 5.32 Å². The molecule has 0 radical (unpaired) electrons. The highest BCUT2D eigenvalue weighted by molar-refractivity contribution is 5.82. The fourth-order valence-corrected chi connectivity index (χ4v) is 9.60. The molecule has 34 heavy (non-hydrogen) atoms. The van der Waals surface area contributed by atoms with E-state index in [9.17, 15) is 9.18 Å². The number of aromatic nitrogens is 1. The van der Waals surface area contributed by atoms with Crippen molar-refractivity contribution in [3.05, 3.63) is 41.8 Å². The van der Waals surface area contributed by atoms with E-state index in [1.54, 1.807) is 12.1 Å². The first-order chi connectivity index (χ1) is 16.1. The number of benzene rings is 1. The molecule has 0 spiro atoms. The van der Waals surface area contributed by atoms with Gasteiger partial charge in [-0.05, 0) is 123 Å². The summed E-state index contributed by atoms with van der Waals surface area (Å²) in [5.74, 6) is 1.78. The average molecular weight is 463 g/mol. The van der Waals surface area contributed by atoms with E-state index in [-0.39, 0.29) is 23.2 Å². The van der Waals surface area contributed by atoms with Crippen LogP contribution in [0.5, 0.6) is 0 Å². The summed E-state index contributed by atoms with van der Waals surface area (Å²) in [6, 6.07) is 6.96. The average Bonchev–Trinajstić information content (AvgIpc) is 2.75. The van der Waals surface area contributed by atoms with Gasteiger partial charge in [0.1, 0.15) is 5.82 Å². The van der Waals surface area contributed by atoms with Crippen molar-refractivity contribution in [3.63, 3.8) is 0 Å². The topological polar surface area (TPSA) is 42.0 Å². The third-order valence-corrected chi connectivity index (χ3v) is 10.1. The molecule has 3 nitrogen and oxygen atoms in total. The number of halogens is 1. The summed E-state index contributed by atoms with van der Waals surface area (Å²) < 4.78 is 13.9. The standard InChI is InChI=1S/C30H39FN2O/c1-19(27(34)33-30-15-20-13-28(2,17-30)16-29(3,14-20)18-30)21-4-6-22(7-5-21)24-10-11-32-26-9-8-23(31)12-25(24)26/h8-12,19-22H,4-7,13-18H2,1-3H3,(H,33,34)/t19-,20?,21?,22?,28?,29?,30?/m1/s1. The lowest BCUT2D eigenvalue weighted by Gasteiger charge is -2.65. The summed E-state index contributed by atoms with van der Waals surface area (Å²) in [4.78, 5) is 18.0. The van der Waals surface area contributed by atoms with Gasteiger partial charge in [0.25, 0.3) is 0 Å². The van der Waals surface area contributed by atoms with E-state index in [0.29, 0.717) is 22.7 Å². The molecule has 0 aliphatic heterocycles. The largest absolute Gasteiger partial charge is 0.350 e. The highest BCUT2D eigenvalue weighted by Gasteiger charge is 2.60. The van der Waals surface area contributed by atoms with Gasteiger partial charge in [0.05, 0.1) is 5.52 Å². The number of nitrogens with zero attached hydrogens (tertiary/aromatic N) is 1. The molecule has 1 aromatic carbocycles. The first-order valence-electron chi connectivity index (χ1n) is 13.5. The Hall–Kier alpha value is -1.97. The van der Waals surface area contributed by atoms with Crippen LogP contribution in [0.15, 0.2) is 30.5 Å². The van der Waals surface area contributed by atoms with Crippen LogP contribution in [0.4, 0.5) is 4.39 Å². The van der Waals surface area contributed by atoms with Gasteiger partial charge in [-0.25, -0.2) is 4.39 Å². The molecule has 1 amide bonds. The smallest absolute Gasteiger partial charge is 0.223 e. The number of pyridine rings is 1. The zero-order valence-corrected chi connectivity index (χ0v) is 21.0. The van der Waals surface area contributed by atoms with Crippen molar-refractivity contribution in [2.45, 2.75) is 96.4 Å². The van der Waals surface area contributed by atoms with Gasteiger partial charge in [-0.2, -0.15) is 0 Å². The number of carbonyl (C=O) groups is 1. The number of carbonyl (C=O) groups excluding carboxylic acids is 1. The number of hydrogen-bond donors (Lipinski definition) is 1. The lowest BCUT2D eigenvalue weighted by Crippen LogP contribution is -2.65. The Morgan fingerprint density at radius 2 is 1.74 bits per heavy atom. The fraction of sp³-hybridized carbons (Fsp3) is 0.667. The summed E-state index contributed by atoms with van der Waals surface area (Å²) in [6.45, 7) is 7.09. The van der Waals surface area contributed by atoms with Gasteiger partial charge >= 0.3 is 0 Å². The van der Waals surface area contributed by atoms with Crippen molar-refractivity contribution in [2.24, 2.45) is 28.6 Å². The summed E-state index contributed by atoms with van der Waals surface area (Å²) >= 11 is 0. The molecule has 1 heterocycles. The van der Waals surface area contributed by atoms with E-state index in [2.05, 4.69) is 37.1 Å². The van der Waals surface area contributed by atoms with Crippen LogP contribution in [-0.2, 0) is 4.79 Å². The van der Waals surface area contributed by atoms with Gasteiger partial charge in [-0.15, -0.1) is 0 Å². The second kappa shape index (κ2) is 7.77. The highest BCUT2D eigenvalue weighted by Crippen LogP contribution is 2.66. The van der Waals surface area contributed by atoms with Crippen LogP contribution in [0.25, 0.3) is 10.9 Å². The minimum absolute atomic E-state index is 0.0332. The molecule has 3 atom stereocenters. The summed E-state index contributed by atoms with van der Waals surface area (Å²) in [7, 11) is 0. The highest BCUT2D eigenvalue weighted by atomic mass is 19.1. The normalized spacial score (nSPS) is 39.8. The predicted molar refractivity (Wildman–Crippen MR) is 134 cm³/mol. The first-order valence-corrected chi connectivity index (χ1v) is 13.5. The number of fused-ring (bicyclic) bond motifs is 1. The summed E-state index contributed by atoms with van der Waals surface area (Å²) in [6.07, 6.45) is 13.7. The molecule has 5 aliphatic carbocycles. The molecule has 5 aliphatic rings. The zero-order valence-electron chi connectivity index (χ0n) is 21.0. The van der Waals surface area contributed by atoms with Gasteiger partial charge in [0.2, 0.25) is 5.91 Å². The van der Waals surface area contributed by atoms with Crippen LogP contribution in [0.3, 0.4) is 0 Å². The van der Waals surface area contributed by atoms with E-state index in [1.807, 2.05) is 6.20 Å². The van der Waals surface area contributed by atoms with Crippen molar-refractivity contribution < 1.29 is 9.18 Å². The quantitative estimate of drug-likeness (QED) is 0.524. The number of amides is 1. The SMILES string of the molecule is C[C@@H](C(=O)NC12CC3CC(C)(CC(C)(C3)C1)C2)C1CCC(c2ccnc3ccc(F)cc23)CC1. The molecule has 0 saturated heterocycles. The monoisotopic (exact) mass is 462 g/mol. The molecule has 4 heteroatoms. The maximum atomic E-state index is 13.9. The molecule has 182 valence electrons. The van der Waals surface area contributed by atoms with Crippen molar-refractivity contribution in [1.29, 1.82) is 0 Å². The number of hydrogen-bond acceptors (Lipinski definition) is 2. The van der Waals surface area contributed by atoms with Crippen LogP contribution in [0.1, 0.15) is 96.5 Å². The molecule has 2 unspecified atom stereocenters. The molecule has 1 aromatic heterocycles. The van der Waals surface area contributed by atoms with Gasteiger partial charge in [-0.3, -0.25) is 9.78 Å². The Morgan fingerprint density at radius 1 is 1.03 bits per heavy atom. The van der Waals surface area contributed by atoms with Crippen molar-refractivity contribution >= 4 is 16.8 Å². The van der Waals surface area contributed by atoms with Crippen molar-refractivity contribution in [3.8, 4) is 0 Å². The zero-order chi connectivity index (χ0) is 23.7. The van der Waals surface area contributed by atoms with Gasteiger partial charge in [-0.1, -0.05) is 20.8 Å². The van der Waals surface area contributed by atoms with E-state index < -0.39 is 0 Å². The van der Waals surface area contributed by atoms with Crippen molar-refractivity contribution in [1.82, 2.24) is 10.3 Å². The van der Waals surface area contributed by atoms with Crippen LogP contribution in [0.2, 0.25) is 0 Å². The molecule has 4 bridgehead atoms. The Labute approximate surface area is 203 Å². The fourth-order valence-electron chi connectivity index (χ4n) is 9.60. The van der Waals surface area contributed by atoms with E-state index >= 15 is 0 Å². The Morgan fingerprint density at radius 3 is 2.41 bits per heavy atom. The van der Waals surface area contributed by atoms with Crippen LogP contribution in [-0.4, -0.2) is 16.4 Å². The van der Waals surface area contributed by atoms with Crippen LogP contribution >= 0.6 is 0 Å². The lowest BCUT2D eigenvalue weighted by atomic mass is 9.42. The van der Waals surface area contributed by atoms with E-state index in [4.69, 9.17) is 0 Å². The number of nitrogens with one attached hydrogen (secondary N) is 1. The predicted octanol–water partition coefficient (Wildman–Crippen LogP) is 7.15. The molecule has 5 fully saturated rings. The molecular weight excluding hydrogens is 423 g/mol. The second-order valence-corrected chi connectivity index (χ2v) is 13.4. The summed E-state index contributed by atoms with van der Waals surface area (Å²) in [5.41, 5.74) is 2.94.